The van der Waals surface area contributed by atoms with Crippen LogP contribution in [-0.4, -0.2) is 17.6 Å². The summed E-state index contributed by atoms with van der Waals surface area (Å²) < 4.78 is 10.8. The Labute approximate surface area is 157 Å². The van der Waals surface area contributed by atoms with Gasteiger partial charge in [0.1, 0.15) is 5.78 Å². The van der Waals surface area contributed by atoms with Gasteiger partial charge in [0, 0.05) is 18.2 Å². The lowest BCUT2D eigenvalue weighted by Gasteiger charge is -2.15. The number of ether oxygens (including phenoxy) is 2. The Morgan fingerprint density at radius 1 is 0.963 bits per heavy atom. The number of aromatic nitrogens is 1. The maximum absolute atomic E-state index is 13.1. The molecule has 5 rings (SSSR count). The van der Waals surface area contributed by atoms with Gasteiger partial charge in [0.2, 0.25) is 6.79 Å². The van der Waals surface area contributed by atoms with E-state index in [-0.39, 0.29) is 18.0 Å². The van der Waals surface area contributed by atoms with E-state index < -0.39 is 0 Å². The minimum absolute atomic E-state index is 0.246. The summed E-state index contributed by atoms with van der Waals surface area (Å²) in [7, 11) is 0. The van der Waals surface area contributed by atoms with E-state index in [2.05, 4.69) is 4.98 Å². The smallest absolute Gasteiger partial charge is 0.231 e. The van der Waals surface area contributed by atoms with Crippen LogP contribution >= 0.6 is 0 Å². The molecule has 4 heteroatoms. The first-order valence-electron chi connectivity index (χ1n) is 9.18. The molecule has 0 radical (unpaired) electrons. The van der Waals surface area contributed by atoms with E-state index in [1.165, 1.54) is 0 Å². The quantitative estimate of drug-likeness (QED) is 0.682. The lowest BCUT2D eigenvalue weighted by Crippen LogP contribution is -2.22. The van der Waals surface area contributed by atoms with Crippen LogP contribution in [0.25, 0.3) is 11.3 Å². The van der Waals surface area contributed by atoms with Crippen LogP contribution in [0.5, 0.6) is 11.5 Å². The van der Waals surface area contributed by atoms with Gasteiger partial charge < -0.3 is 9.47 Å². The molecule has 0 N–H and O–H groups in total. The van der Waals surface area contributed by atoms with E-state index in [9.17, 15) is 4.79 Å². The van der Waals surface area contributed by atoms with Crippen LogP contribution in [-0.2, 0) is 16.6 Å². The number of carbonyl (C=O) groups excluding carboxylic acids is 1. The standard InChI is InChI=1S/C23H19NO3/c25-22(12-16-6-8-19(24-14-16)17-4-2-1-3-5-17)23(10-11-23)18-7-9-20-21(13-18)27-15-26-20/h1-9,13-14H,10-12,15H2. The third-order valence-corrected chi connectivity index (χ3v) is 5.47. The highest BCUT2D eigenvalue weighted by Crippen LogP contribution is 2.51. The monoisotopic (exact) mass is 357 g/mol. The van der Waals surface area contributed by atoms with Gasteiger partial charge in [0.15, 0.2) is 11.5 Å². The molecule has 2 heterocycles. The number of carbonyl (C=O) groups is 1. The van der Waals surface area contributed by atoms with Crippen molar-refractivity contribution in [1.82, 2.24) is 4.98 Å². The van der Waals surface area contributed by atoms with Crippen molar-refractivity contribution in [2.24, 2.45) is 0 Å². The summed E-state index contributed by atoms with van der Waals surface area (Å²) in [5, 5.41) is 0. The minimum Gasteiger partial charge on any atom is -0.454 e. The third kappa shape index (κ3) is 2.87. The molecule has 134 valence electrons. The number of pyridine rings is 1. The number of ketones is 1. The first kappa shape index (κ1) is 16.1. The zero-order valence-corrected chi connectivity index (χ0v) is 14.9. The molecule has 4 nitrogen and oxygen atoms in total. The zero-order chi connectivity index (χ0) is 18.3. The fourth-order valence-electron chi connectivity index (χ4n) is 3.71. The number of hydrogen-bond acceptors (Lipinski definition) is 4. The Hall–Kier alpha value is -3.14. The van der Waals surface area contributed by atoms with Crippen molar-refractivity contribution >= 4 is 5.78 Å². The summed E-state index contributed by atoms with van der Waals surface area (Å²) in [5.74, 6) is 1.73. The van der Waals surface area contributed by atoms with Gasteiger partial charge >= 0.3 is 0 Å². The minimum atomic E-state index is -0.376. The Morgan fingerprint density at radius 2 is 1.78 bits per heavy atom. The predicted octanol–water partition coefficient (Wildman–Crippen LogP) is 4.32. The number of Topliss-reactive ketones (excluding diaryl/α,β-unsaturated/α-hetero) is 1. The average molecular weight is 357 g/mol. The highest BCUT2D eigenvalue weighted by Gasteiger charge is 2.50. The number of rotatable bonds is 5. The molecule has 1 aromatic heterocycles. The Balaban J connectivity index is 1.34. The number of fused-ring (bicyclic) bond motifs is 1. The van der Waals surface area contributed by atoms with Crippen LogP contribution in [0.15, 0.2) is 66.9 Å². The van der Waals surface area contributed by atoms with Gasteiger partial charge in [-0.3, -0.25) is 9.78 Å². The van der Waals surface area contributed by atoms with Crippen molar-refractivity contribution in [3.63, 3.8) is 0 Å². The Morgan fingerprint density at radius 3 is 2.52 bits per heavy atom. The second-order valence-electron chi connectivity index (χ2n) is 7.17. The van der Waals surface area contributed by atoms with Crippen LogP contribution in [0.1, 0.15) is 24.0 Å². The Bertz CT molecular complexity index is 992. The molecule has 1 aliphatic heterocycles. The topological polar surface area (TPSA) is 48.4 Å². The summed E-state index contributed by atoms with van der Waals surface area (Å²) in [6.07, 6.45) is 3.99. The van der Waals surface area contributed by atoms with E-state index >= 15 is 0 Å². The lowest BCUT2D eigenvalue weighted by atomic mass is 9.88. The molecule has 0 bridgehead atoms. The summed E-state index contributed by atoms with van der Waals surface area (Å²) >= 11 is 0. The third-order valence-electron chi connectivity index (χ3n) is 5.47. The maximum atomic E-state index is 13.1. The Kier molecular flexibility index (Phi) is 3.71. The van der Waals surface area contributed by atoms with Crippen molar-refractivity contribution in [1.29, 1.82) is 0 Å². The van der Waals surface area contributed by atoms with Gasteiger partial charge in [-0.1, -0.05) is 42.5 Å². The van der Waals surface area contributed by atoms with Crippen LogP contribution in [0.2, 0.25) is 0 Å². The first-order valence-corrected chi connectivity index (χ1v) is 9.18. The fraction of sp³-hybridized carbons (Fsp3) is 0.217. The van der Waals surface area contributed by atoms with E-state index in [0.717, 1.165) is 46.7 Å². The van der Waals surface area contributed by atoms with Crippen molar-refractivity contribution in [3.8, 4) is 22.8 Å². The zero-order valence-electron chi connectivity index (χ0n) is 14.9. The second kappa shape index (κ2) is 6.23. The van der Waals surface area contributed by atoms with Crippen molar-refractivity contribution < 1.29 is 14.3 Å². The molecule has 0 saturated heterocycles. The van der Waals surface area contributed by atoms with E-state index in [0.29, 0.717) is 6.42 Å². The molecule has 27 heavy (non-hydrogen) atoms. The van der Waals surface area contributed by atoms with E-state index in [4.69, 9.17) is 9.47 Å². The highest BCUT2D eigenvalue weighted by atomic mass is 16.7. The molecule has 3 aromatic rings. The van der Waals surface area contributed by atoms with Gasteiger partial charge in [0.05, 0.1) is 11.1 Å². The molecule has 1 fully saturated rings. The van der Waals surface area contributed by atoms with Crippen LogP contribution in [0.3, 0.4) is 0 Å². The van der Waals surface area contributed by atoms with Crippen LogP contribution in [0, 0.1) is 0 Å². The summed E-state index contributed by atoms with van der Waals surface area (Å²) in [4.78, 5) is 17.6. The normalized spacial score (nSPS) is 16.1. The SMILES string of the molecule is O=C(Cc1ccc(-c2ccccc2)nc1)C1(c2ccc3c(c2)OCO3)CC1. The van der Waals surface area contributed by atoms with Gasteiger partial charge in [-0.2, -0.15) is 0 Å². The van der Waals surface area contributed by atoms with Gasteiger partial charge in [-0.25, -0.2) is 0 Å². The maximum Gasteiger partial charge on any atom is 0.231 e. The molecule has 0 unspecified atom stereocenters. The number of hydrogen-bond donors (Lipinski definition) is 0. The summed E-state index contributed by atoms with van der Waals surface area (Å²) in [6, 6.07) is 19.9. The van der Waals surface area contributed by atoms with E-state index in [1.807, 2.05) is 66.9 Å². The van der Waals surface area contributed by atoms with Gasteiger partial charge in [-0.15, -0.1) is 0 Å². The summed E-state index contributed by atoms with van der Waals surface area (Å²) in [6.45, 7) is 0.249. The summed E-state index contributed by atoms with van der Waals surface area (Å²) in [5.41, 5.74) is 3.61. The van der Waals surface area contributed by atoms with Gasteiger partial charge in [0.25, 0.3) is 0 Å². The molecule has 2 aliphatic rings. The molecule has 0 atom stereocenters. The van der Waals surface area contributed by atoms with Crippen molar-refractivity contribution in [2.75, 3.05) is 6.79 Å². The lowest BCUT2D eigenvalue weighted by molar-refractivity contribution is -0.120. The van der Waals surface area contributed by atoms with Crippen LogP contribution < -0.4 is 9.47 Å². The number of nitrogens with zero attached hydrogens (tertiary/aromatic N) is 1. The molecular weight excluding hydrogens is 338 g/mol. The first-order chi connectivity index (χ1) is 13.2. The second-order valence-corrected chi connectivity index (χ2v) is 7.17. The van der Waals surface area contributed by atoms with Crippen molar-refractivity contribution in [2.45, 2.75) is 24.7 Å². The predicted molar refractivity (Wildman–Crippen MR) is 102 cm³/mol. The largest absolute Gasteiger partial charge is 0.454 e. The van der Waals surface area contributed by atoms with Crippen molar-refractivity contribution in [3.05, 3.63) is 78.0 Å². The van der Waals surface area contributed by atoms with E-state index in [1.54, 1.807) is 0 Å². The van der Waals surface area contributed by atoms with Gasteiger partial charge in [-0.05, 0) is 42.2 Å². The molecule has 2 aromatic carbocycles. The average Bonchev–Trinajstić information content (AvgIpc) is 3.40. The molecule has 1 saturated carbocycles. The molecule has 1 aliphatic carbocycles. The number of benzene rings is 2. The molecular formula is C23H19NO3. The molecule has 0 amide bonds. The van der Waals surface area contributed by atoms with Crippen LogP contribution in [0.4, 0.5) is 0 Å². The highest BCUT2D eigenvalue weighted by molar-refractivity contribution is 5.94. The molecule has 0 spiro atoms. The fourth-order valence-corrected chi connectivity index (χ4v) is 3.71.